The zero-order chi connectivity index (χ0) is 14.5. The number of ether oxygens (including phenoxy) is 2. The van der Waals surface area contributed by atoms with Crippen LogP contribution in [-0.2, 0) is 9.47 Å². The summed E-state index contributed by atoms with van der Waals surface area (Å²) in [5.41, 5.74) is 0. The van der Waals surface area contributed by atoms with Crippen molar-refractivity contribution in [3.63, 3.8) is 0 Å². The van der Waals surface area contributed by atoms with Crippen molar-refractivity contribution in [2.24, 2.45) is 23.7 Å². The van der Waals surface area contributed by atoms with Crippen LogP contribution in [0.1, 0.15) is 64.2 Å². The van der Waals surface area contributed by atoms with Crippen LogP contribution >= 0.6 is 0 Å². The largest absolute Gasteiger partial charge is 0.350 e. The summed E-state index contributed by atoms with van der Waals surface area (Å²) in [5, 5.41) is 9.00. The Morgan fingerprint density at radius 3 is 1.90 bits per heavy atom. The second-order valence-electron chi connectivity index (χ2n) is 7.27. The van der Waals surface area contributed by atoms with E-state index in [9.17, 15) is 0 Å². The van der Waals surface area contributed by atoms with E-state index < -0.39 is 0 Å². The number of hydrogen-bond acceptors (Lipinski definition) is 3. The van der Waals surface area contributed by atoms with E-state index in [0.29, 0.717) is 5.92 Å². The van der Waals surface area contributed by atoms with Crippen LogP contribution in [-0.4, -0.2) is 19.5 Å². The van der Waals surface area contributed by atoms with E-state index in [-0.39, 0.29) is 6.29 Å². The maximum atomic E-state index is 9.00. The SMILES string of the molecule is N#C[C@H]1CC[C@H]([C@H]2CC[C@H](CCC3OCCO3)CC2)CC1. The van der Waals surface area contributed by atoms with Gasteiger partial charge in [-0.3, -0.25) is 0 Å². The van der Waals surface area contributed by atoms with Gasteiger partial charge in [0.15, 0.2) is 6.29 Å². The van der Waals surface area contributed by atoms with E-state index in [1.165, 1.54) is 44.9 Å². The van der Waals surface area contributed by atoms with Gasteiger partial charge in [0.25, 0.3) is 0 Å². The molecule has 0 amide bonds. The third-order valence-corrected chi connectivity index (χ3v) is 6.01. The fraction of sp³-hybridized carbons (Fsp3) is 0.944. The van der Waals surface area contributed by atoms with E-state index in [0.717, 1.165) is 50.2 Å². The Kier molecular flexibility index (Phi) is 5.55. The molecule has 1 saturated heterocycles. The first-order valence-corrected chi connectivity index (χ1v) is 8.98. The topological polar surface area (TPSA) is 42.2 Å². The summed E-state index contributed by atoms with van der Waals surface area (Å²) in [6.07, 6.45) is 13.0. The molecule has 1 heterocycles. The number of nitriles is 1. The van der Waals surface area contributed by atoms with Crippen LogP contribution in [0.4, 0.5) is 0 Å². The standard InChI is InChI=1S/C18H29NO2/c19-13-15-3-8-17(9-4-15)16-6-1-14(2-7-16)5-10-18-20-11-12-21-18/h14-18H,1-12H2/t14-,15-,16-,17-. The van der Waals surface area contributed by atoms with E-state index in [4.69, 9.17) is 14.7 Å². The lowest BCUT2D eigenvalue weighted by molar-refractivity contribution is -0.0514. The van der Waals surface area contributed by atoms with Crippen LogP contribution < -0.4 is 0 Å². The highest BCUT2D eigenvalue weighted by atomic mass is 16.7. The van der Waals surface area contributed by atoms with Crippen molar-refractivity contribution in [2.75, 3.05) is 13.2 Å². The second kappa shape index (κ2) is 7.61. The van der Waals surface area contributed by atoms with Crippen molar-refractivity contribution in [3.05, 3.63) is 0 Å². The Hall–Kier alpha value is -0.590. The molecule has 0 unspecified atom stereocenters. The zero-order valence-electron chi connectivity index (χ0n) is 13.1. The third-order valence-electron chi connectivity index (χ3n) is 6.01. The first kappa shape index (κ1) is 15.3. The van der Waals surface area contributed by atoms with Crippen LogP contribution in [0, 0.1) is 35.0 Å². The molecule has 0 N–H and O–H groups in total. The molecule has 3 aliphatic rings. The maximum absolute atomic E-state index is 9.00. The predicted molar refractivity (Wildman–Crippen MR) is 81.4 cm³/mol. The molecule has 0 atom stereocenters. The van der Waals surface area contributed by atoms with Gasteiger partial charge in [0.2, 0.25) is 0 Å². The van der Waals surface area contributed by atoms with Crippen LogP contribution in [0.15, 0.2) is 0 Å². The monoisotopic (exact) mass is 291 g/mol. The Bertz CT molecular complexity index is 343. The van der Waals surface area contributed by atoms with E-state index >= 15 is 0 Å². The molecule has 21 heavy (non-hydrogen) atoms. The minimum Gasteiger partial charge on any atom is -0.350 e. The van der Waals surface area contributed by atoms with Crippen LogP contribution in [0.5, 0.6) is 0 Å². The number of hydrogen-bond donors (Lipinski definition) is 0. The molecule has 3 nitrogen and oxygen atoms in total. The summed E-state index contributed by atoms with van der Waals surface area (Å²) in [6, 6.07) is 2.45. The molecule has 2 saturated carbocycles. The van der Waals surface area contributed by atoms with Crippen molar-refractivity contribution in [1.29, 1.82) is 5.26 Å². The summed E-state index contributed by atoms with van der Waals surface area (Å²) in [4.78, 5) is 0. The zero-order valence-corrected chi connectivity index (χ0v) is 13.1. The van der Waals surface area contributed by atoms with Gasteiger partial charge in [-0.2, -0.15) is 5.26 Å². The smallest absolute Gasteiger partial charge is 0.157 e. The molecular formula is C18H29NO2. The van der Waals surface area contributed by atoms with Gasteiger partial charge in [-0.05, 0) is 69.1 Å². The lowest BCUT2D eigenvalue weighted by Crippen LogP contribution is -2.26. The van der Waals surface area contributed by atoms with E-state index in [1.807, 2.05) is 0 Å². The summed E-state index contributed by atoms with van der Waals surface area (Å²) < 4.78 is 11.1. The molecular weight excluding hydrogens is 262 g/mol. The van der Waals surface area contributed by atoms with Crippen molar-refractivity contribution in [2.45, 2.75) is 70.5 Å². The molecule has 3 heteroatoms. The number of nitrogens with zero attached hydrogens (tertiary/aromatic N) is 1. The molecule has 0 aromatic carbocycles. The van der Waals surface area contributed by atoms with Crippen LogP contribution in [0.3, 0.4) is 0 Å². The summed E-state index contributed by atoms with van der Waals surface area (Å²) in [6.45, 7) is 1.56. The van der Waals surface area contributed by atoms with Gasteiger partial charge in [0.05, 0.1) is 19.3 Å². The molecule has 0 aromatic heterocycles. The molecule has 118 valence electrons. The highest BCUT2D eigenvalue weighted by Crippen LogP contribution is 2.42. The Morgan fingerprint density at radius 1 is 0.762 bits per heavy atom. The quantitative estimate of drug-likeness (QED) is 0.776. The summed E-state index contributed by atoms with van der Waals surface area (Å²) in [7, 11) is 0. The van der Waals surface area contributed by atoms with Gasteiger partial charge >= 0.3 is 0 Å². The van der Waals surface area contributed by atoms with Crippen molar-refractivity contribution in [3.8, 4) is 6.07 Å². The molecule has 0 aromatic rings. The predicted octanol–water partition coefficient (Wildman–Crippen LogP) is 4.28. The first-order valence-electron chi connectivity index (χ1n) is 8.98. The normalized spacial score (nSPS) is 38.2. The molecule has 0 bridgehead atoms. The van der Waals surface area contributed by atoms with E-state index in [1.54, 1.807) is 0 Å². The van der Waals surface area contributed by atoms with Crippen molar-refractivity contribution in [1.82, 2.24) is 0 Å². The Labute approximate surface area is 129 Å². The maximum Gasteiger partial charge on any atom is 0.157 e. The Balaban J connectivity index is 1.34. The summed E-state index contributed by atoms with van der Waals surface area (Å²) >= 11 is 0. The van der Waals surface area contributed by atoms with Gasteiger partial charge in [-0.1, -0.05) is 12.8 Å². The fourth-order valence-electron chi connectivity index (χ4n) is 4.61. The minimum atomic E-state index is 0.0870. The van der Waals surface area contributed by atoms with Gasteiger partial charge < -0.3 is 9.47 Å². The third kappa shape index (κ3) is 4.20. The molecule has 2 aliphatic carbocycles. The van der Waals surface area contributed by atoms with Gasteiger partial charge in [-0.15, -0.1) is 0 Å². The average Bonchev–Trinajstić information content (AvgIpc) is 3.07. The van der Waals surface area contributed by atoms with Gasteiger partial charge in [0, 0.05) is 5.92 Å². The molecule has 1 aliphatic heterocycles. The van der Waals surface area contributed by atoms with Crippen LogP contribution in [0.25, 0.3) is 0 Å². The summed E-state index contributed by atoms with van der Waals surface area (Å²) in [5.74, 6) is 3.10. The van der Waals surface area contributed by atoms with Crippen LogP contribution in [0.2, 0.25) is 0 Å². The average molecular weight is 291 g/mol. The number of rotatable bonds is 4. The van der Waals surface area contributed by atoms with Gasteiger partial charge in [-0.25, -0.2) is 0 Å². The van der Waals surface area contributed by atoms with Crippen molar-refractivity contribution < 1.29 is 9.47 Å². The fourth-order valence-corrected chi connectivity index (χ4v) is 4.61. The first-order chi connectivity index (χ1) is 10.3. The lowest BCUT2D eigenvalue weighted by Gasteiger charge is -2.37. The minimum absolute atomic E-state index is 0.0870. The Morgan fingerprint density at radius 2 is 1.33 bits per heavy atom. The molecule has 0 radical (unpaired) electrons. The highest BCUT2D eigenvalue weighted by Gasteiger charge is 2.31. The lowest BCUT2D eigenvalue weighted by atomic mass is 9.69. The highest BCUT2D eigenvalue weighted by molar-refractivity contribution is 4.89. The second-order valence-corrected chi connectivity index (χ2v) is 7.27. The molecule has 3 rings (SSSR count). The molecule has 0 spiro atoms. The van der Waals surface area contributed by atoms with E-state index in [2.05, 4.69) is 6.07 Å². The van der Waals surface area contributed by atoms with Crippen molar-refractivity contribution >= 4 is 0 Å². The van der Waals surface area contributed by atoms with Gasteiger partial charge in [0.1, 0.15) is 0 Å². The molecule has 3 fully saturated rings.